The van der Waals surface area contributed by atoms with Gasteiger partial charge in [0.1, 0.15) is 11.9 Å². The second-order valence-corrected chi connectivity index (χ2v) is 6.92. The zero-order chi connectivity index (χ0) is 17.1. The minimum atomic E-state index is -0.842. The molecular formula is C17H27FN4O2. The quantitative estimate of drug-likeness (QED) is 0.778. The van der Waals surface area contributed by atoms with E-state index in [1.165, 1.54) is 12.8 Å². The van der Waals surface area contributed by atoms with Gasteiger partial charge < -0.3 is 9.84 Å². The molecule has 2 aliphatic rings. The van der Waals surface area contributed by atoms with Crippen molar-refractivity contribution in [3.63, 3.8) is 0 Å². The van der Waals surface area contributed by atoms with Crippen molar-refractivity contribution in [3.8, 4) is 0 Å². The number of nitrogens with zero attached hydrogens (tertiary/aromatic N) is 3. The van der Waals surface area contributed by atoms with Crippen LogP contribution in [0.4, 0.5) is 4.39 Å². The first-order valence-electron chi connectivity index (χ1n) is 8.85. The van der Waals surface area contributed by atoms with Crippen molar-refractivity contribution in [2.75, 3.05) is 26.2 Å². The van der Waals surface area contributed by atoms with Crippen LogP contribution in [0, 0.1) is 6.92 Å². The van der Waals surface area contributed by atoms with Crippen molar-refractivity contribution in [2.24, 2.45) is 0 Å². The summed E-state index contributed by atoms with van der Waals surface area (Å²) in [6.07, 6.45) is 3.69. The lowest BCUT2D eigenvalue weighted by molar-refractivity contribution is -0.122. The third-order valence-corrected chi connectivity index (χ3v) is 5.05. The number of likely N-dealkylation sites (tertiary alicyclic amines) is 1. The van der Waals surface area contributed by atoms with E-state index in [4.69, 9.17) is 4.52 Å². The van der Waals surface area contributed by atoms with Gasteiger partial charge in [0.2, 0.25) is 5.91 Å². The first-order valence-corrected chi connectivity index (χ1v) is 8.85. The second kappa shape index (κ2) is 7.61. The SMILES string of the molecule is CCN(CC(=O)NC[C@@H]1C[C@H](F)CN1Cc1cnoc1C)C1CC1. The lowest BCUT2D eigenvalue weighted by atomic mass is 10.2. The second-order valence-electron chi connectivity index (χ2n) is 6.92. The minimum Gasteiger partial charge on any atom is -0.361 e. The number of likely N-dealkylation sites (N-methyl/N-ethyl adjacent to an activating group) is 1. The molecule has 1 aliphatic carbocycles. The predicted octanol–water partition coefficient (Wildman–Crippen LogP) is 1.50. The fourth-order valence-electron chi connectivity index (χ4n) is 3.43. The van der Waals surface area contributed by atoms with Gasteiger partial charge in [-0.3, -0.25) is 14.6 Å². The van der Waals surface area contributed by atoms with Gasteiger partial charge >= 0.3 is 0 Å². The molecule has 2 heterocycles. The normalized spacial score (nSPS) is 24.7. The van der Waals surface area contributed by atoms with E-state index < -0.39 is 6.17 Å². The fourth-order valence-corrected chi connectivity index (χ4v) is 3.43. The zero-order valence-electron chi connectivity index (χ0n) is 14.5. The summed E-state index contributed by atoms with van der Waals surface area (Å²) < 4.78 is 18.9. The first-order chi connectivity index (χ1) is 11.6. The van der Waals surface area contributed by atoms with Crippen LogP contribution in [0.1, 0.15) is 37.5 Å². The Morgan fingerprint density at radius 3 is 2.96 bits per heavy atom. The Bertz CT molecular complexity index is 561. The van der Waals surface area contributed by atoms with E-state index in [1.54, 1.807) is 6.20 Å². The van der Waals surface area contributed by atoms with Crippen LogP contribution in [-0.4, -0.2) is 65.3 Å². The lowest BCUT2D eigenvalue weighted by Crippen LogP contribution is -2.44. The zero-order valence-corrected chi connectivity index (χ0v) is 14.5. The average molecular weight is 338 g/mol. The molecule has 134 valence electrons. The fraction of sp³-hybridized carbons (Fsp3) is 0.765. The number of amides is 1. The van der Waals surface area contributed by atoms with Crippen LogP contribution in [-0.2, 0) is 11.3 Å². The molecule has 1 aromatic heterocycles. The van der Waals surface area contributed by atoms with E-state index in [0.29, 0.717) is 38.6 Å². The maximum absolute atomic E-state index is 13.9. The molecule has 1 saturated carbocycles. The molecule has 0 spiro atoms. The highest BCUT2D eigenvalue weighted by molar-refractivity contribution is 5.78. The van der Waals surface area contributed by atoms with E-state index in [9.17, 15) is 9.18 Å². The number of halogens is 1. The Morgan fingerprint density at radius 1 is 1.54 bits per heavy atom. The van der Waals surface area contributed by atoms with E-state index in [1.807, 2.05) is 6.92 Å². The van der Waals surface area contributed by atoms with Gasteiger partial charge in [-0.2, -0.15) is 0 Å². The molecule has 3 rings (SSSR count). The van der Waals surface area contributed by atoms with Crippen LogP contribution >= 0.6 is 0 Å². The monoisotopic (exact) mass is 338 g/mol. The first kappa shape index (κ1) is 17.4. The number of hydrogen-bond donors (Lipinski definition) is 1. The van der Waals surface area contributed by atoms with Crippen LogP contribution in [0.25, 0.3) is 0 Å². The topological polar surface area (TPSA) is 61.6 Å². The number of aryl methyl sites for hydroxylation is 1. The molecule has 6 nitrogen and oxygen atoms in total. The van der Waals surface area contributed by atoms with Crippen molar-refractivity contribution >= 4 is 5.91 Å². The summed E-state index contributed by atoms with van der Waals surface area (Å²) in [5.41, 5.74) is 0.978. The van der Waals surface area contributed by atoms with Crippen LogP contribution in [0.15, 0.2) is 10.7 Å². The summed E-state index contributed by atoms with van der Waals surface area (Å²) in [7, 11) is 0. The van der Waals surface area contributed by atoms with Gasteiger partial charge in [0.05, 0.1) is 12.7 Å². The van der Waals surface area contributed by atoms with Gasteiger partial charge in [-0.25, -0.2) is 4.39 Å². The molecule has 2 fully saturated rings. The van der Waals surface area contributed by atoms with Gasteiger partial charge in [-0.15, -0.1) is 0 Å². The van der Waals surface area contributed by atoms with Gasteiger partial charge in [0.25, 0.3) is 0 Å². The molecule has 1 saturated heterocycles. The molecule has 0 aromatic carbocycles. The van der Waals surface area contributed by atoms with Crippen molar-refractivity contribution in [1.82, 2.24) is 20.3 Å². The number of alkyl halides is 1. The average Bonchev–Trinajstić information content (AvgIpc) is 3.23. The number of carbonyl (C=O) groups is 1. The molecule has 2 atom stereocenters. The Morgan fingerprint density at radius 2 is 2.33 bits per heavy atom. The summed E-state index contributed by atoms with van der Waals surface area (Å²) in [5, 5.41) is 6.76. The Labute approximate surface area is 142 Å². The standard InChI is InChI=1S/C17H27FN4O2/c1-3-21(15-4-5-15)11-17(23)19-8-16-6-14(18)10-22(16)9-13-7-20-24-12(13)2/h7,14-16H,3-6,8-11H2,1-2H3,(H,19,23)/t14-,16-/m0/s1. The van der Waals surface area contributed by atoms with Crippen molar-refractivity contribution in [3.05, 3.63) is 17.5 Å². The van der Waals surface area contributed by atoms with E-state index in [-0.39, 0.29) is 11.9 Å². The van der Waals surface area contributed by atoms with Crippen molar-refractivity contribution < 1.29 is 13.7 Å². The number of nitrogens with one attached hydrogen (secondary N) is 1. The van der Waals surface area contributed by atoms with E-state index in [2.05, 4.69) is 27.2 Å². The number of hydrogen-bond acceptors (Lipinski definition) is 5. The third-order valence-electron chi connectivity index (χ3n) is 5.05. The predicted molar refractivity (Wildman–Crippen MR) is 88.2 cm³/mol. The van der Waals surface area contributed by atoms with Gasteiger partial charge in [0, 0.05) is 37.3 Å². The molecule has 1 N–H and O–H groups in total. The Balaban J connectivity index is 1.49. The molecule has 24 heavy (non-hydrogen) atoms. The van der Waals surface area contributed by atoms with Crippen LogP contribution < -0.4 is 5.32 Å². The van der Waals surface area contributed by atoms with Crippen LogP contribution in [0.3, 0.4) is 0 Å². The van der Waals surface area contributed by atoms with Gasteiger partial charge in [-0.1, -0.05) is 12.1 Å². The van der Waals surface area contributed by atoms with Gasteiger partial charge in [0.15, 0.2) is 0 Å². The third kappa shape index (κ3) is 4.33. The summed E-state index contributed by atoms with van der Waals surface area (Å²) >= 11 is 0. The molecule has 0 bridgehead atoms. The van der Waals surface area contributed by atoms with Gasteiger partial charge in [-0.05, 0) is 32.7 Å². The minimum absolute atomic E-state index is 0.0225. The molecule has 0 radical (unpaired) electrons. The molecular weight excluding hydrogens is 311 g/mol. The molecule has 1 amide bonds. The summed E-state index contributed by atoms with van der Waals surface area (Å²) in [4.78, 5) is 16.5. The highest BCUT2D eigenvalue weighted by Crippen LogP contribution is 2.26. The molecule has 1 aliphatic heterocycles. The maximum Gasteiger partial charge on any atom is 0.234 e. The smallest absolute Gasteiger partial charge is 0.234 e. The van der Waals surface area contributed by atoms with E-state index in [0.717, 1.165) is 17.9 Å². The van der Waals surface area contributed by atoms with Crippen molar-refractivity contribution in [1.29, 1.82) is 0 Å². The number of aromatic nitrogens is 1. The van der Waals surface area contributed by atoms with Crippen LogP contribution in [0.2, 0.25) is 0 Å². The summed E-state index contributed by atoms with van der Waals surface area (Å²) in [5.74, 6) is 0.801. The molecule has 0 unspecified atom stereocenters. The largest absolute Gasteiger partial charge is 0.361 e. The lowest BCUT2D eigenvalue weighted by Gasteiger charge is -2.25. The Hall–Kier alpha value is -1.47. The molecule has 1 aromatic rings. The highest BCUT2D eigenvalue weighted by Gasteiger charge is 2.33. The van der Waals surface area contributed by atoms with Crippen LogP contribution in [0.5, 0.6) is 0 Å². The maximum atomic E-state index is 13.9. The molecule has 7 heteroatoms. The van der Waals surface area contributed by atoms with E-state index >= 15 is 0 Å². The number of carbonyl (C=O) groups excluding carboxylic acids is 1. The number of rotatable bonds is 8. The summed E-state index contributed by atoms with van der Waals surface area (Å²) in [6, 6.07) is 0.602. The summed E-state index contributed by atoms with van der Waals surface area (Å²) in [6.45, 7) is 6.78. The highest BCUT2D eigenvalue weighted by atomic mass is 19.1. The van der Waals surface area contributed by atoms with Crippen molar-refractivity contribution in [2.45, 2.75) is 57.9 Å². The Kier molecular flexibility index (Phi) is 5.50.